The Balaban J connectivity index is 1.80. The van der Waals surface area contributed by atoms with Crippen LogP contribution >= 0.6 is 0 Å². The third kappa shape index (κ3) is 7.82. The first kappa shape index (κ1) is 22.2. The van der Waals surface area contributed by atoms with Crippen molar-refractivity contribution < 1.29 is 32.4 Å². The van der Waals surface area contributed by atoms with E-state index in [0.29, 0.717) is 16.3 Å². The zero-order valence-electron chi connectivity index (χ0n) is 16.3. The lowest BCUT2D eigenvalue weighted by Crippen LogP contribution is -3.11. The number of aryl methyl sites for hydroxylation is 2. The maximum absolute atomic E-state index is 12.1. The molecule has 0 aliphatic carbocycles. The molecule has 0 fully saturated rings. The van der Waals surface area contributed by atoms with Crippen molar-refractivity contribution in [3.05, 3.63) is 53.6 Å². The summed E-state index contributed by atoms with van der Waals surface area (Å²) < 4.78 is 40.2. The number of benzene rings is 2. The van der Waals surface area contributed by atoms with Crippen molar-refractivity contribution in [2.75, 3.05) is 30.8 Å². The highest BCUT2D eigenvalue weighted by atomic mass is 19.4. The van der Waals surface area contributed by atoms with Crippen LogP contribution in [0.5, 0.6) is 5.75 Å². The number of halogens is 3. The van der Waals surface area contributed by atoms with Gasteiger partial charge >= 0.3 is 6.36 Å². The molecule has 0 heterocycles. The predicted molar refractivity (Wildman–Crippen MR) is 103 cm³/mol. The summed E-state index contributed by atoms with van der Waals surface area (Å²) >= 11 is 0. The third-order valence-electron chi connectivity index (χ3n) is 4.09. The molecular weight excluding hydrogens is 387 g/mol. The zero-order chi connectivity index (χ0) is 21.6. The smallest absolute Gasteiger partial charge is 0.406 e. The lowest BCUT2D eigenvalue weighted by Gasteiger charge is -2.14. The van der Waals surface area contributed by atoms with Gasteiger partial charge in [-0.05, 0) is 61.4 Å². The number of quaternary nitrogens is 1. The van der Waals surface area contributed by atoms with Crippen molar-refractivity contribution in [2.45, 2.75) is 20.2 Å². The van der Waals surface area contributed by atoms with Gasteiger partial charge in [0.1, 0.15) is 5.75 Å². The Bertz CT molecular complexity index is 868. The molecule has 2 aromatic rings. The van der Waals surface area contributed by atoms with Crippen LogP contribution in [0.3, 0.4) is 0 Å². The maximum Gasteiger partial charge on any atom is 0.573 e. The summed E-state index contributed by atoms with van der Waals surface area (Å²) in [6.45, 7) is 4.03. The first-order valence-electron chi connectivity index (χ1n) is 8.86. The number of hydrogen-bond donors (Lipinski definition) is 3. The normalized spacial score (nSPS) is 12.2. The van der Waals surface area contributed by atoms with Crippen LogP contribution in [0, 0.1) is 13.8 Å². The standard InChI is InChI=1S/C20H22F3N3O3/c1-13-4-5-16(10-14(13)2)25-19(28)12-26(3)11-18(27)24-15-6-8-17(9-7-15)29-20(21,22)23/h4-10H,11-12H2,1-3H3,(H,24,27)(H,25,28)/p+1. The number of likely N-dealkylation sites (N-methyl/N-ethyl adjacent to an activating group) is 1. The van der Waals surface area contributed by atoms with Crippen molar-refractivity contribution in [1.29, 1.82) is 0 Å². The van der Waals surface area contributed by atoms with Crippen LogP contribution in [-0.2, 0) is 9.59 Å². The second-order valence-corrected chi connectivity index (χ2v) is 6.78. The van der Waals surface area contributed by atoms with Gasteiger partial charge in [0.2, 0.25) is 0 Å². The summed E-state index contributed by atoms with van der Waals surface area (Å²) in [6, 6.07) is 10.4. The molecule has 0 spiro atoms. The molecule has 0 saturated heterocycles. The number of amides is 2. The molecule has 6 nitrogen and oxygen atoms in total. The van der Waals surface area contributed by atoms with Crippen LogP contribution in [0.4, 0.5) is 24.5 Å². The molecule has 9 heteroatoms. The Kier molecular flexibility index (Phi) is 7.22. The van der Waals surface area contributed by atoms with Crippen molar-refractivity contribution in [1.82, 2.24) is 0 Å². The van der Waals surface area contributed by atoms with E-state index < -0.39 is 6.36 Å². The first-order chi connectivity index (χ1) is 13.5. The van der Waals surface area contributed by atoms with Crippen LogP contribution in [0.15, 0.2) is 42.5 Å². The monoisotopic (exact) mass is 410 g/mol. The molecule has 1 unspecified atom stereocenters. The number of anilines is 2. The molecule has 29 heavy (non-hydrogen) atoms. The highest BCUT2D eigenvalue weighted by Gasteiger charge is 2.31. The average molecular weight is 410 g/mol. The molecule has 2 aromatic carbocycles. The zero-order valence-corrected chi connectivity index (χ0v) is 16.3. The topological polar surface area (TPSA) is 71.9 Å². The summed E-state index contributed by atoms with van der Waals surface area (Å²) in [5.41, 5.74) is 3.21. The molecule has 1 atom stereocenters. The molecular formula is C20H23F3N3O3+. The number of carbonyl (C=O) groups is 2. The second-order valence-electron chi connectivity index (χ2n) is 6.78. The van der Waals surface area contributed by atoms with Crippen molar-refractivity contribution in [3.8, 4) is 5.75 Å². The minimum Gasteiger partial charge on any atom is -0.406 e. The van der Waals surface area contributed by atoms with Gasteiger partial charge in [0.25, 0.3) is 11.8 Å². The molecule has 0 aliphatic heterocycles. The van der Waals surface area contributed by atoms with Gasteiger partial charge in [-0.3, -0.25) is 9.59 Å². The quantitative estimate of drug-likeness (QED) is 0.656. The van der Waals surface area contributed by atoms with Crippen molar-refractivity contribution >= 4 is 23.2 Å². The minimum absolute atomic E-state index is 0.0150. The van der Waals surface area contributed by atoms with Gasteiger partial charge in [-0.15, -0.1) is 13.2 Å². The predicted octanol–water partition coefficient (Wildman–Crippen LogP) is 2.29. The van der Waals surface area contributed by atoms with Gasteiger partial charge in [0, 0.05) is 11.4 Å². The summed E-state index contributed by atoms with van der Waals surface area (Å²) in [5, 5.41) is 5.36. The van der Waals surface area contributed by atoms with E-state index in [1.165, 1.54) is 12.1 Å². The number of hydrogen-bond acceptors (Lipinski definition) is 3. The van der Waals surface area contributed by atoms with E-state index in [9.17, 15) is 22.8 Å². The summed E-state index contributed by atoms with van der Waals surface area (Å²) in [5.74, 6) is -0.973. The Morgan fingerprint density at radius 3 is 1.93 bits per heavy atom. The van der Waals surface area contributed by atoms with E-state index >= 15 is 0 Å². The number of alkyl halides is 3. The van der Waals surface area contributed by atoms with Crippen molar-refractivity contribution in [3.63, 3.8) is 0 Å². The first-order valence-corrected chi connectivity index (χ1v) is 8.86. The number of carbonyl (C=O) groups excluding carboxylic acids is 2. The summed E-state index contributed by atoms with van der Waals surface area (Å²) in [7, 11) is 1.69. The third-order valence-corrected chi connectivity index (χ3v) is 4.09. The fourth-order valence-corrected chi connectivity index (χ4v) is 2.58. The molecule has 2 rings (SSSR count). The Hall–Kier alpha value is -3.07. The lowest BCUT2D eigenvalue weighted by atomic mass is 10.1. The average Bonchev–Trinajstić information content (AvgIpc) is 2.58. The van der Waals surface area contributed by atoms with Gasteiger partial charge < -0.3 is 20.3 Å². The summed E-state index contributed by atoms with van der Waals surface area (Å²) in [4.78, 5) is 24.9. The molecule has 0 aliphatic rings. The summed E-state index contributed by atoms with van der Waals surface area (Å²) in [6.07, 6.45) is -4.77. The minimum atomic E-state index is -4.77. The van der Waals surface area contributed by atoms with Crippen LogP contribution in [-0.4, -0.2) is 38.3 Å². The van der Waals surface area contributed by atoms with E-state index in [1.807, 2.05) is 32.0 Å². The Morgan fingerprint density at radius 2 is 1.41 bits per heavy atom. The molecule has 0 radical (unpaired) electrons. The second kappa shape index (κ2) is 9.42. The van der Waals surface area contributed by atoms with Crippen LogP contribution < -0.4 is 20.3 Å². The highest BCUT2D eigenvalue weighted by molar-refractivity contribution is 5.93. The van der Waals surface area contributed by atoms with Crippen LogP contribution in [0.25, 0.3) is 0 Å². The van der Waals surface area contributed by atoms with Gasteiger partial charge in [-0.2, -0.15) is 0 Å². The highest BCUT2D eigenvalue weighted by Crippen LogP contribution is 2.23. The van der Waals surface area contributed by atoms with Gasteiger partial charge in [-0.25, -0.2) is 0 Å². The maximum atomic E-state index is 12.1. The Labute approximate surface area is 166 Å². The van der Waals surface area contributed by atoms with E-state index in [1.54, 1.807) is 7.05 Å². The molecule has 0 saturated carbocycles. The van der Waals surface area contributed by atoms with Crippen LogP contribution in [0.2, 0.25) is 0 Å². The molecule has 0 aromatic heterocycles. The SMILES string of the molecule is Cc1ccc(NC(=O)C[NH+](C)CC(=O)Nc2ccc(OC(F)(F)F)cc2)cc1C. The number of nitrogens with one attached hydrogen (secondary N) is 3. The molecule has 0 bridgehead atoms. The largest absolute Gasteiger partial charge is 0.573 e. The number of rotatable bonds is 7. The number of ether oxygens (including phenoxy) is 1. The van der Waals surface area contributed by atoms with E-state index in [4.69, 9.17) is 0 Å². The van der Waals surface area contributed by atoms with E-state index in [0.717, 1.165) is 23.3 Å². The Morgan fingerprint density at radius 1 is 0.897 bits per heavy atom. The van der Waals surface area contributed by atoms with Gasteiger partial charge in [0.05, 0.1) is 7.05 Å². The van der Waals surface area contributed by atoms with E-state index in [-0.39, 0.29) is 30.7 Å². The molecule has 3 N–H and O–H groups in total. The van der Waals surface area contributed by atoms with Crippen LogP contribution in [0.1, 0.15) is 11.1 Å². The van der Waals surface area contributed by atoms with E-state index in [2.05, 4.69) is 15.4 Å². The molecule has 2 amide bonds. The lowest BCUT2D eigenvalue weighted by molar-refractivity contribution is -0.862. The van der Waals surface area contributed by atoms with Gasteiger partial charge in [0.15, 0.2) is 13.1 Å². The fourth-order valence-electron chi connectivity index (χ4n) is 2.58. The molecule has 156 valence electrons. The fraction of sp³-hybridized carbons (Fsp3) is 0.300. The van der Waals surface area contributed by atoms with Gasteiger partial charge in [-0.1, -0.05) is 6.07 Å². The van der Waals surface area contributed by atoms with Crippen molar-refractivity contribution in [2.24, 2.45) is 0 Å².